The van der Waals surface area contributed by atoms with Crippen LogP contribution in [0, 0.1) is 0 Å². The minimum atomic E-state index is -0.160. The molecular weight excluding hydrogens is 350 g/mol. The number of benzene rings is 1. The maximum atomic E-state index is 12.3. The first kappa shape index (κ1) is 16.7. The number of para-hydroxylation sites is 2. The number of anilines is 1. The van der Waals surface area contributed by atoms with Crippen molar-refractivity contribution in [1.29, 1.82) is 0 Å². The molecule has 134 valence electrons. The summed E-state index contributed by atoms with van der Waals surface area (Å²) in [4.78, 5) is 32.9. The molecule has 1 saturated carbocycles. The standard InChI is InChI=1S/C18H19N5O2S/c24-15(22-18-20-9-10-26-18)7-8-19-16(25)11-23-14-4-2-1-3-13(14)21-17(23)12-5-6-12/h1-4,9-10,12H,5-8,11H2,(H,19,25)(H,20,22,24). The zero-order chi connectivity index (χ0) is 17.9. The minimum absolute atomic E-state index is 0.114. The quantitative estimate of drug-likeness (QED) is 0.670. The van der Waals surface area contributed by atoms with Crippen molar-refractivity contribution in [2.45, 2.75) is 31.7 Å². The fourth-order valence-corrected chi connectivity index (χ4v) is 3.44. The van der Waals surface area contributed by atoms with Crippen LogP contribution >= 0.6 is 11.3 Å². The molecule has 7 nitrogen and oxygen atoms in total. The van der Waals surface area contributed by atoms with Crippen LogP contribution in [0.4, 0.5) is 5.13 Å². The third-order valence-corrected chi connectivity index (χ3v) is 4.97. The zero-order valence-corrected chi connectivity index (χ0v) is 15.0. The monoisotopic (exact) mass is 369 g/mol. The van der Waals surface area contributed by atoms with Crippen molar-refractivity contribution >= 4 is 39.3 Å². The Labute approximate surface area is 154 Å². The van der Waals surface area contributed by atoms with Crippen molar-refractivity contribution in [2.75, 3.05) is 11.9 Å². The zero-order valence-electron chi connectivity index (χ0n) is 14.1. The number of carbonyl (C=O) groups is 2. The van der Waals surface area contributed by atoms with Gasteiger partial charge in [0, 0.05) is 30.5 Å². The number of hydrogen-bond donors (Lipinski definition) is 2. The van der Waals surface area contributed by atoms with Gasteiger partial charge in [0.05, 0.1) is 11.0 Å². The number of hydrogen-bond acceptors (Lipinski definition) is 5. The predicted molar refractivity (Wildman–Crippen MR) is 100 cm³/mol. The van der Waals surface area contributed by atoms with Crippen LogP contribution in [-0.4, -0.2) is 32.9 Å². The van der Waals surface area contributed by atoms with E-state index in [2.05, 4.69) is 15.6 Å². The number of thiazole rings is 1. The van der Waals surface area contributed by atoms with Crippen molar-refractivity contribution in [2.24, 2.45) is 0 Å². The van der Waals surface area contributed by atoms with Gasteiger partial charge in [0.25, 0.3) is 0 Å². The van der Waals surface area contributed by atoms with Gasteiger partial charge < -0.3 is 15.2 Å². The fraction of sp³-hybridized carbons (Fsp3) is 0.333. The Morgan fingerprint density at radius 1 is 1.23 bits per heavy atom. The number of carbonyl (C=O) groups excluding carboxylic acids is 2. The maximum Gasteiger partial charge on any atom is 0.240 e. The lowest BCUT2D eigenvalue weighted by Gasteiger charge is -2.09. The van der Waals surface area contributed by atoms with Crippen LogP contribution < -0.4 is 10.6 Å². The molecule has 0 radical (unpaired) electrons. The van der Waals surface area contributed by atoms with Gasteiger partial charge in [-0.2, -0.15) is 0 Å². The van der Waals surface area contributed by atoms with E-state index in [1.54, 1.807) is 11.6 Å². The molecular formula is C18H19N5O2S. The fourth-order valence-electron chi connectivity index (χ4n) is 2.90. The molecule has 0 atom stereocenters. The number of rotatable bonds is 7. The minimum Gasteiger partial charge on any atom is -0.354 e. The predicted octanol–water partition coefficient (Wildman–Crippen LogP) is 2.52. The lowest BCUT2D eigenvalue weighted by atomic mass is 10.3. The molecule has 3 aromatic rings. The normalized spacial score (nSPS) is 13.7. The Kier molecular flexibility index (Phi) is 4.66. The van der Waals surface area contributed by atoms with E-state index < -0.39 is 0 Å². The Bertz CT molecular complexity index is 930. The smallest absolute Gasteiger partial charge is 0.240 e. The lowest BCUT2D eigenvalue weighted by molar-refractivity contribution is -0.121. The van der Waals surface area contributed by atoms with Crippen LogP contribution in [0.3, 0.4) is 0 Å². The first-order chi connectivity index (χ1) is 12.7. The lowest BCUT2D eigenvalue weighted by Crippen LogP contribution is -2.31. The molecule has 1 aliphatic rings. The third-order valence-electron chi connectivity index (χ3n) is 4.28. The highest BCUT2D eigenvalue weighted by Crippen LogP contribution is 2.40. The Morgan fingerprint density at radius 2 is 2.08 bits per heavy atom. The Balaban J connectivity index is 1.34. The van der Waals surface area contributed by atoms with Gasteiger partial charge in [0.15, 0.2) is 5.13 Å². The maximum absolute atomic E-state index is 12.3. The molecule has 2 heterocycles. The van der Waals surface area contributed by atoms with Gasteiger partial charge in [-0.1, -0.05) is 12.1 Å². The molecule has 0 saturated heterocycles. The molecule has 8 heteroatoms. The molecule has 2 N–H and O–H groups in total. The Morgan fingerprint density at radius 3 is 2.85 bits per heavy atom. The molecule has 26 heavy (non-hydrogen) atoms. The SMILES string of the molecule is O=C(Cn1c(C2CC2)nc2ccccc21)NCCC(=O)Nc1nccs1. The average molecular weight is 369 g/mol. The van der Waals surface area contributed by atoms with Crippen molar-refractivity contribution < 1.29 is 9.59 Å². The van der Waals surface area contributed by atoms with Crippen molar-refractivity contribution in [3.63, 3.8) is 0 Å². The number of amides is 2. The number of imidazole rings is 1. The molecule has 0 spiro atoms. The summed E-state index contributed by atoms with van der Waals surface area (Å²) in [6, 6.07) is 7.87. The van der Waals surface area contributed by atoms with E-state index >= 15 is 0 Å². The largest absolute Gasteiger partial charge is 0.354 e. The van der Waals surface area contributed by atoms with Gasteiger partial charge in [-0.3, -0.25) is 9.59 Å². The van der Waals surface area contributed by atoms with Crippen LogP contribution in [-0.2, 0) is 16.1 Å². The summed E-state index contributed by atoms with van der Waals surface area (Å²) in [6.07, 6.45) is 4.10. The van der Waals surface area contributed by atoms with E-state index in [0.29, 0.717) is 17.6 Å². The molecule has 4 rings (SSSR count). The van der Waals surface area contributed by atoms with Gasteiger partial charge >= 0.3 is 0 Å². The summed E-state index contributed by atoms with van der Waals surface area (Å²) >= 11 is 1.36. The van der Waals surface area contributed by atoms with E-state index in [4.69, 9.17) is 4.98 Å². The molecule has 2 amide bonds. The van der Waals surface area contributed by atoms with E-state index in [1.807, 2.05) is 28.8 Å². The van der Waals surface area contributed by atoms with Crippen LogP contribution in [0.15, 0.2) is 35.8 Å². The van der Waals surface area contributed by atoms with Gasteiger partial charge in [0.2, 0.25) is 11.8 Å². The van der Waals surface area contributed by atoms with Crippen LogP contribution in [0.2, 0.25) is 0 Å². The first-order valence-electron chi connectivity index (χ1n) is 8.62. The highest BCUT2D eigenvalue weighted by molar-refractivity contribution is 7.13. The summed E-state index contributed by atoms with van der Waals surface area (Å²) in [5.41, 5.74) is 1.90. The molecule has 1 fully saturated rings. The number of nitrogens with one attached hydrogen (secondary N) is 2. The number of nitrogens with zero attached hydrogens (tertiary/aromatic N) is 3. The topological polar surface area (TPSA) is 88.9 Å². The van der Waals surface area contributed by atoms with Crippen LogP contribution in [0.5, 0.6) is 0 Å². The van der Waals surface area contributed by atoms with Gasteiger partial charge in [0.1, 0.15) is 12.4 Å². The Hall–Kier alpha value is -2.74. The summed E-state index contributed by atoms with van der Waals surface area (Å²) in [6.45, 7) is 0.516. The molecule has 0 unspecified atom stereocenters. The van der Waals surface area contributed by atoms with Crippen LogP contribution in [0.25, 0.3) is 11.0 Å². The average Bonchev–Trinajstić information content (AvgIpc) is 3.23. The molecule has 1 aliphatic carbocycles. The molecule has 1 aromatic carbocycles. The van der Waals surface area contributed by atoms with Gasteiger partial charge in [-0.25, -0.2) is 9.97 Å². The second kappa shape index (κ2) is 7.25. The first-order valence-corrected chi connectivity index (χ1v) is 9.50. The number of aromatic nitrogens is 3. The summed E-state index contributed by atoms with van der Waals surface area (Å²) in [5, 5.41) is 7.88. The molecule has 2 aromatic heterocycles. The van der Waals surface area contributed by atoms with Crippen molar-refractivity contribution in [1.82, 2.24) is 19.9 Å². The van der Waals surface area contributed by atoms with E-state index in [0.717, 1.165) is 29.7 Å². The van der Waals surface area contributed by atoms with Gasteiger partial charge in [-0.15, -0.1) is 11.3 Å². The van der Waals surface area contributed by atoms with Crippen LogP contribution in [0.1, 0.15) is 31.0 Å². The molecule has 0 bridgehead atoms. The van der Waals surface area contributed by atoms with Crippen molar-refractivity contribution in [3.05, 3.63) is 41.7 Å². The van der Waals surface area contributed by atoms with Crippen molar-refractivity contribution in [3.8, 4) is 0 Å². The number of fused-ring (bicyclic) bond motifs is 1. The highest BCUT2D eigenvalue weighted by Gasteiger charge is 2.30. The third kappa shape index (κ3) is 3.75. The molecule has 0 aliphatic heterocycles. The van der Waals surface area contributed by atoms with Gasteiger partial charge in [-0.05, 0) is 25.0 Å². The second-order valence-electron chi connectivity index (χ2n) is 6.30. The summed E-state index contributed by atoms with van der Waals surface area (Å²) < 4.78 is 2.00. The van der Waals surface area contributed by atoms with E-state index in [9.17, 15) is 9.59 Å². The van der Waals surface area contributed by atoms with E-state index in [-0.39, 0.29) is 24.8 Å². The summed E-state index contributed by atoms with van der Waals surface area (Å²) in [7, 11) is 0. The summed E-state index contributed by atoms with van der Waals surface area (Å²) in [5.74, 6) is 1.17. The highest BCUT2D eigenvalue weighted by atomic mass is 32.1. The van der Waals surface area contributed by atoms with E-state index in [1.165, 1.54) is 11.3 Å². The second-order valence-corrected chi connectivity index (χ2v) is 7.20.